The zero-order valence-electron chi connectivity index (χ0n) is 14.7. The second kappa shape index (κ2) is 8.55. The van der Waals surface area contributed by atoms with E-state index in [2.05, 4.69) is 18.2 Å². The van der Waals surface area contributed by atoms with Gasteiger partial charge in [-0.15, -0.1) is 0 Å². The summed E-state index contributed by atoms with van der Waals surface area (Å²) in [5.41, 5.74) is 2.47. The van der Waals surface area contributed by atoms with Gasteiger partial charge in [-0.3, -0.25) is 4.79 Å². The lowest BCUT2D eigenvalue weighted by molar-refractivity contribution is -0.129. The molecule has 0 aliphatic heterocycles. The predicted octanol–water partition coefficient (Wildman–Crippen LogP) is 3.74. The smallest absolute Gasteiger partial charge is 0.244 e. The summed E-state index contributed by atoms with van der Waals surface area (Å²) in [4.78, 5) is 16.1. The fourth-order valence-corrected chi connectivity index (χ4v) is 2.94. The second-order valence-electron chi connectivity index (χ2n) is 6.11. The summed E-state index contributed by atoms with van der Waals surface area (Å²) in [5.74, 6) is 0.0218. The Morgan fingerprint density at radius 3 is 2.44 bits per heavy atom. The molecule has 0 aliphatic carbocycles. The van der Waals surface area contributed by atoms with E-state index in [1.807, 2.05) is 36.1 Å². The molecule has 25 heavy (non-hydrogen) atoms. The molecular weight excluding hydrogens is 334 g/mol. The van der Waals surface area contributed by atoms with Gasteiger partial charge in [-0.05, 0) is 37.1 Å². The van der Waals surface area contributed by atoms with E-state index in [-0.39, 0.29) is 11.9 Å². The van der Waals surface area contributed by atoms with Crippen molar-refractivity contribution in [1.29, 1.82) is 5.26 Å². The monoisotopic (exact) mass is 355 g/mol. The molecule has 0 saturated carbocycles. The Morgan fingerprint density at radius 2 is 1.88 bits per heavy atom. The van der Waals surface area contributed by atoms with Gasteiger partial charge in [-0.1, -0.05) is 41.9 Å². The van der Waals surface area contributed by atoms with Gasteiger partial charge in [0.1, 0.15) is 12.1 Å². The van der Waals surface area contributed by atoms with Gasteiger partial charge in [0.2, 0.25) is 5.91 Å². The molecule has 5 heteroatoms. The number of amides is 1. The quantitative estimate of drug-likeness (QED) is 0.793. The van der Waals surface area contributed by atoms with Crippen molar-refractivity contribution in [3.63, 3.8) is 0 Å². The van der Waals surface area contributed by atoms with Crippen LogP contribution in [0.1, 0.15) is 18.1 Å². The number of benzene rings is 2. The molecule has 2 rings (SSSR count). The lowest BCUT2D eigenvalue weighted by Gasteiger charge is -2.32. The normalized spacial score (nSPS) is 11.5. The van der Waals surface area contributed by atoms with E-state index in [9.17, 15) is 4.79 Å². The second-order valence-corrected chi connectivity index (χ2v) is 6.52. The van der Waals surface area contributed by atoms with Crippen LogP contribution >= 0.6 is 11.6 Å². The van der Waals surface area contributed by atoms with E-state index in [1.54, 1.807) is 31.1 Å². The summed E-state index contributed by atoms with van der Waals surface area (Å²) >= 11 is 6.19. The highest BCUT2D eigenvalue weighted by atomic mass is 35.5. The standard InChI is InChI=1S/C20H22ClN3O/c1-15(20(25)23(2)3)24(12-11-16-7-5-4-6-8-16)18-10-9-17(14-22)19(21)13-18/h4-10,13,15H,11-12H2,1-3H3/t15-/m0/s1. The highest BCUT2D eigenvalue weighted by Gasteiger charge is 2.23. The fraction of sp³-hybridized carbons (Fsp3) is 0.300. The molecule has 130 valence electrons. The summed E-state index contributed by atoms with van der Waals surface area (Å²) in [6.07, 6.45) is 0.809. The minimum Gasteiger partial charge on any atom is -0.359 e. The SMILES string of the molecule is C[C@@H](C(=O)N(C)C)N(CCc1ccccc1)c1ccc(C#N)c(Cl)c1. The van der Waals surface area contributed by atoms with E-state index in [0.29, 0.717) is 17.1 Å². The van der Waals surface area contributed by atoms with Crippen molar-refractivity contribution in [2.24, 2.45) is 0 Å². The Kier molecular flexibility index (Phi) is 6.44. The molecular formula is C20H22ClN3O. The summed E-state index contributed by atoms with van der Waals surface area (Å²) in [6, 6.07) is 17.2. The molecule has 0 bridgehead atoms. The first-order valence-corrected chi connectivity index (χ1v) is 8.53. The van der Waals surface area contributed by atoms with Crippen LogP contribution in [0.2, 0.25) is 5.02 Å². The van der Waals surface area contributed by atoms with Crippen LogP contribution in [0.4, 0.5) is 5.69 Å². The number of nitriles is 1. The number of carbonyl (C=O) groups excluding carboxylic acids is 1. The zero-order valence-corrected chi connectivity index (χ0v) is 15.5. The van der Waals surface area contributed by atoms with Crippen LogP contribution in [0.5, 0.6) is 0 Å². The van der Waals surface area contributed by atoms with E-state index < -0.39 is 0 Å². The topological polar surface area (TPSA) is 47.3 Å². The maximum atomic E-state index is 12.5. The van der Waals surface area contributed by atoms with E-state index >= 15 is 0 Å². The molecule has 2 aromatic rings. The maximum Gasteiger partial charge on any atom is 0.244 e. The van der Waals surface area contributed by atoms with Gasteiger partial charge in [0, 0.05) is 26.3 Å². The van der Waals surface area contributed by atoms with Crippen LogP contribution in [0.15, 0.2) is 48.5 Å². The highest BCUT2D eigenvalue weighted by molar-refractivity contribution is 6.32. The number of nitrogens with zero attached hydrogens (tertiary/aromatic N) is 3. The summed E-state index contributed by atoms with van der Waals surface area (Å²) in [6.45, 7) is 2.56. The van der Waals surface area contributed by atoms with Crippen molar-refractivity contribution >= 4 is 23.2 Å². The van der Waals surface area contributed by atoms with Gasteiger partial charge in [0.25, 0.3) is 0 Å². The van der Waals surface area contributed by atoms with Crippen molar-refractivity contribution in [2.75, 3.05) is 25.5 Å². The average Bonchev–Trinajstić information content (AvgIpc) is 2.62. The first-order chi connectivity index (χ1) is 11.9. The van der Waals surface area contributed by atoms with Gasteiger partial charge < -0.3 is 9.80 Å². The molecule has 0 aliphatic rings. The molecule has 1 amide bonds. The third kappa shape index (κ3) is 4.74. The number of rotatable bonds is 6. The number of hydrogen-bond acceptors (Lipinski definition) is 3. The molecule has 0 radical (unpaired) electrons. The number of halogens is 1. The number of anilines is 1. The van der Waals surface area contributed by atoms with Crippen molar-refractivity contribution in [2.45, 2.75) is 19.4 Å². The molecule has 0 spiro atoms. The van der Waals surface area contributed by atoms with Crippen LogP contribution in [-0.2, 0) is 11.2 Å². The Hall–Kier alpha value is -2.51. The summed E-state index contributed by atoms with van der Waals surface area (Å²) in [7, 11) is 3.50. The molecule has 4 nitrogen and oxygen atoms in total. The Labute approximate surface area is 154 Å². The van der Waals surface area contributed by atoms with Crippen molar-refractivity contribution in [3.8, 4) is 6.07 Å². The Morgan fingerprint density at radius 1 is 1.20 bits per heavy atom. The zero-order chi connectivity index (χ0) is 18.4. The lowest BCUT2D eigenvalue weighted by Crippen LogP contribution is -2.45. The fourth-order valence-electron chi connectivity index (χ4n) is 2.72. The van der Waals surface area contributed by atoms with Crippen LogP contribution in [0, 0.1) is 11.3 Å². The third-order valence-corrected chi connectivity index (χ3v) is 4.47. The van der Waals surface area contributed by atoms with Crippen LogP contribution in [-0.4, -0.2) is 37.5 Å². The van der Waals surface area contributed by atoms with Crippen LogP contribution in [0.3, 0.4) is 0 Å². The first-order valence-electron chi connectivity index (χ1n) is 8.15. The molecule has 0 N–H and O–H groups in total. The lowest BCUT2D eigenvalue weighted by atomic mass is 10.1. The predicted molar refractivity (Wildman–Crippen MR) is 102 cm³/mol. The van der Waals surface area contributed by atoms with E-state index in [1.165, 1.54) is 5.56 Å². The minimum absolute atomic E-state index is 0.0218. The third-order valence-electron chi connectivity index (χ3n) is 4.15. The molecule has 0 saturated heterocycles. The number of hydrogen-bond donors (Lipinski definition) is 0. The Balaban J connectivity index is 2.29. The van der Waals surface area contributed by atoms with E-state index in [4.69, 9.17) is 16.9 Å². The van der Waals surface area contributed by atoms with Crippen molar-refractivity contribution < 1.29 is 4.79 Å². The molecule has 0 aromatic heterocycles. The summed E-state index contributed by atoms with van der Waals surface area (Å²) in [5, 5.41) is 9.46. The minimum atomic E-state index is -0.331. The first kappa shape index (κ1) is 18.8. The Bertz CT molecular complexity index is 768. The van der Waals surface area contributed by atoms with Crippen molar-refractivity contribution in [3.05, 3.63) is 64.7 Å². The molecule has 2 aromatic carbocycles. The van der Waals surface area contributed by atoms with Gasteiger partial charge in [-0.25, -0.2) is 0 Å². The van der Waals surface area contributed by atoms with Gasteiger partial charge in [-0.2, -0.15) is 5.26 Å². The van der Waals surface area contributed by atoms with Gasteiger partial charge >= 0.3 is 0 Å². The summed E-state index contributed by atoms with van der Waals surface area (Å²) < 4.78 is 0. The maximum absolute atomic E-state index is 12.5. The van der Waals surface area contributed by atoms with Gasteiger partial charge in [0.05, 0.1) is 10.6 Å². The molecule has 1 atom stereocenters. The molecule has 0 heterocycles. The van der Waals surface area contributed by atoms with Crippen LogP contribution in [0.25, 0.3) is 0 Å². The van der Waals surface area contributed by atoms with Crippen LogP contribution < -0.4 is 4.90 Å². The number of likely N-dealkylation sites (N-methyl/N-ethyl adjacent to an activating group) is 1. The highest BCUT2D eigenvalue weighted by Crippen LogP contribution is 2.25. The molecule has 0 unspecified atom stereocenters. The van der Waals surface area contributed by atoms with E-state index in [0.717, 1.165) is 12.1 Å². The van der Waals surface area contributed by atoms with Gasteiger partial charge in [0.15, 0.2) is 0 Å². The number of carbonyl (C=O) groups is 1. The van der Waals surface area contributed by atoms with Crippen molar-refractivity contribution in [1.82, 2.24) is 4.90 Å². The largest absolute Gasteiger partial charge is 0.359 e. The average molecular weight is 356 g/mol. The molecule has 0 fully saturated rings.